The molecule has 2 atom stereocenters. The normalized spacial score (nSPS) is 23.6. The van der Waals surface area contributed by atoms with Crippen molar-refractivity contribution < 1.29 is 14.2 Å². The quantitative estimate of drug-likeness (QED) is 0.821. The molecule has 2 heterocycles. The van der Waals surface area contributed by atoms with E-state index in [0.29, 0.717) is 6.04 Å². The Morgan fingerprint density at radius 1 is 1.20 bits per heavy atom. The monoisotopic (exact) mass is 348 g/mol. The van der Waals surface area contributed by atoms with E-state index in [1.54, 1.807) is 14.2 Å². The van der Waals surface area contributed by atoms with E-state index in [-0.39, 0.29) is 6.04 Å². The van der Waals surface area contributed by atoms with E-state index < -0.39 is 0 Å². The second-order valence-electron chi connectivity index (χ2n) is 7.30. The van der Waals surface area contributed by atoms with Crippen LogP contribution in [0.3, 0.4) is 0 Å². The van der Waals surface area contributed by atoms with Crippen molar-refractivity contribution in [1.82, 2.24) is 10.2 Å². The summed E-state index contributed by atoms with van der Waals surface area (Å²) in [6.07, 6.45) is 3.64. The lowest BCUT2D eigenvalue weighted by Gasteiger charge is -2.35. The first-order valence-electron chi connectivity index (χ1n) is 9.47. The molecule has 5 heteroatoms. The molecule has 0 aromatic heterocycles. The van der Waals surface area contributed by atoms with Crippen molar-refractivity contribution in [2.75, 3.05) is 47.1 Å². The van der Waals surface area contributed by atoms with Crippen LogP contribution in [0.2, 0.25) is 0 Å². The maximum atomic E-state index is 5.55. The fraction of sp³-hybridized carbons (Fsp3) is 0.700. The van der Waals surface area contributed by atoms with Crippen molar-refractivity contribution in [2.24, 2.45) is 5.92 Å². The SMILES string of the molecule is COc1ccc([C@H](C)NC2CCN(C[C@H]3CCOC3)CC2)c(OC)c1. The van der Waals surface area contributed by atoms with E-state index in [1.165, 1.54) is 44.5 Å². The maximum absolute atomic E-state index is 5.55. The Hall–Kier alpha value is -1.30. The molecule has 3 rings (SSSR count). The van der Waals surface area contributed by atoms with Crippen molar-refractivity contribution in [3.63, 3.8) is 0 Å². The molecule has 0 amide bonds. The number of benzene rings is 1. The van der Waals surface area contributed by atoms with Gasteiger partial charge in [0, 0.05) is 36.9 Å². The summed E-state index contributed by atoms with van der Waals surface area (Å²) in [6, 6.07) is 6.89. The first kappa shape index (κ1) is 18.5. The molecule has 1 aromatic carbocycles. The lowest BCUT2D eigenvalue weighted by atomic mass is 9.99. The van der Waals surface area contributed by atoms with Crippen LogP contribution in [0, 0.1) is 5.92 Å². The van der Waals surface area contributed by atoms with Crippen LogP contribution < -0.4 is 14.8 Å². The number of hydrogen-bond acceptors (Lipinski definition) is 5. The second kappa shape index (κ2) is 8.88. The highest BCUT2D eigenvalue weighted by Gasteiger charge is 2.25. The molecular weight excluding hydrogens is 316 g/mol. The van der Waals surface area contributed by atoms with Crippen molar-refractivity contribution >= 4 is 0 Å². The highest BCUT2D eigenvalue weighted by Crippen LogP contribution is 2.30. The molecule has 2 aliphatic rings. The van der Waals surface area contributed by atoms with Crippen molar-refractivity contribution in [1.29, 1.82) is 0 Å². The first-order chi connectivity index (χ1) is 12.2. The third-order valence-corrected chi connectivity index (χ3v) is 5.52. The Balaban J connectivity index is 1.49. The summed E-state index contributed by atoms with van der Waals surface area (Å²) in [4.78, 5) is 2.61. The lowest BCUT2D eigenvalue weighted by Crippen LogP contribution is -2.44. The highest BCUT2D eigenvalue weighted by molar-refractivity contribution is 5.42. The number of hydrogen-bond donors (Lipinski definition) is 1. The molecule has 1 N–H and O–H groups in total. The first-order valence-corrected chi connectivity index (χ1v) is 9.47. The van der Waals surface area contributed by atoms with Gasteiger partial charge in [-0.25, -0.2) is 0 Å². The van der Waals surface area contributed by atoms with E-state index in [0.717, 1.165) is 30.6 Å². The molecule has 2 aliphatic heterocycles. The number of ether oxygens (including phenoxy) is 3. The summed E-state index contributed by atoms with van der Waals surface area (Å²) < 4.78 is 16.3. The van der Waals surface area contributed by atoms with Crippen molar-refractivity contribution in [3.05, 3.63) is 23.8 Å². The summed E-state index contributed by atoms with van der Waals surface area (Å²) in [5, 5.41) is 3.79. The van der Waals surface area contributed by atoms with Crippen LogP contribution in [-0.2, 0) is 4.74 Å². The lowest BCUT2D eigenvalue weighted by molar-refractivity contribution is 0.145. The molecule has 0 spiro atoms. The summed E-state index contributed by atoms with van der Waals surface area (Å²) in [7, 11) is 3.40. The van der Waals surface area contributed by atoms with Gasteiger partial charge in [-0.2, -0.15) is 0 Å². The van der Waals surface area contributed by atoms with Gasteiger partial charge >= 0.3 is 0 Å². The van der Waals surface area contributed by atoms with Gasteiger partial charge in [-0.1, -0.05) is 6.07 Å². The standard InChI is InChI=1S/C20H32N2O3/c1-15(19-5-4-18(23-2)12-20(19)24-3)21-17-6-9-22(10-7-17)13-16-8-11-25-14-16/h4-5,12,15-17,21H,6-11,13-14H2,1-3H3/t15-,16+/m0/s1. The molecule has 0 unspecified atom stereocenters. The molecule has 2 fully saturated rings. The summed E-state index contributed by atoms with van der Waals surface area (Å²) in [6.45, 7) is 7.68. The van der Waals surface area contributed by atoms with E-state index in [4.69, 9.17) is 14.2 Å². The van der Waals surface area contributed by atoms with Gasteiger partial charge in [-0.3, -0.25) is 0 Å². The van der Waals surface area contributed by atoms with Crippen LogP contribution >= 0.6 is 0 Å². The fourth-order valence-electron chi connectivity index (χ4n) is 3.99. The predicted molar refractivity (Wildman–Crippen MR) is 99.5 cm³/mol. The van der Waals surface area contributed by atoms with Crippen molar-refractivity contribution in [2.45, 2.75) is 38.3 Å². The number of methoxy groups -OCH3 is 2. The zero-order chi connectivity index (χ0) is 17.6. The minimum Gasteiger partial charge on any atom is -0.497 e. The molecule has 140 valence electrons. The zero-order valence-corrected chi connectivity index (χ0v) is 15.8. The Morgan fingerprint density at radius 3 is 2.64 bits per heavy atom. The Bertz CT molecular complexity index is 538. The average Bonchev–Trinajstić information content (AvgIpc) is 3.15. The van der Waals surface area contributed by atoms with Crippen LogP contribution in [0.5, 0.6) is 11.5 Å². The number of nitrogens with zero attached hydrogens (tertiary/aromatic N) is 1. The molecule has 1 aromatic rings. The molecule has 25 heavy (non-hydrogen) atoms. The van der Waals surface area contributed by atoms with Crippen molar-refractivity contribution in [3.8, 4) is 11.5 Å². The van der Waals surface area contributed by atoms with Crippen LogP contribution in [0.1, 0.15) is 37.8 Å². The maximum Gasteiger partial charge on any atom is 0.127 e. The molecule has 0 aliphatic carbocycles. The topological polar surface area (TPSA) is 43.0 Å². The average molecular weight is 348 g/mol. The zero-order valence-electron chi connectivity index (χ0n) is 15.8. The number of nitrogens with one attached hydrogen (secondary N) is 1. The third-order valence-electron chi connectivity index (χ3n) is 5.52. The predicted octanol–water partition coefficient (Wildman–Crippen LogP) is 2.86. The molecule has 2 saturated heterocycles. The Kier molecular flexibility index (Phi) is 6.57. The molecule has 5 nitrogen and oxygen atoms in total. The van der Waals surface area contributed by atoms with Gasteiger partial charge in [0.2, 0.25) is 0 Å². The van der Waals surface area contributed by atoms with Gasteiger partial charge in [0.15, 0.2) is 0 Å². The summed E-state index contributed by atoms with van der Waals surface area (Å²) in [5.74, 6) is 2.46. The van der Waals surface area contributed by atoms with Crippen LogP contribution in [0.25, 0.3) is 0 Å². The summed E-state index contributed by atoms with van der Waals surface area (Å²) >= 11 is 0. The third kappa shape index (κ3) is 4.87. The largest absolute Gasteiger partial charge is 0.497 e. The van der Waals surface area contributed by atoms with E-state index in [9.17, 15) is 0 Å². The van der Waals surface area contributed by atoms with Gasteiger partial charge < -0.3 is 24.4 Å². The number of piperidine rings is 1. The van der Waals surface area contributed by atoms with Gasteiger partial charge in [-0.15, -0.1) is 0 Å². The van der Waals surface area contributed by atoms with E-state index in [2.05, 4.69) is 23.2 Å². The molecule has 0 saturated carbocycles. The molecule has 0 bridgehead atoms. The fourth-order valence-corrected chi connectivity index (χ4v) is 3.99. The highest BCUT2D eigenvalue weighted by atomic mass is 16.5. The molecular formula is C20H32N2O3. The van der Waals surface area contributed by atoms with Crippen LogP contribution in [0.15, 0.2) is 18.2 Å². The minimum absolute atomic E-state index is 0.264. The Labute approximate surface area is 151 Å². The molecule has 0 radical (unpaired) electrons. The smallest absolute Gasteiger partial charge is 0.127 e. The number of likely N-dealkylation sites (tertiary alicyclic amines) is 1. The van der Waals surface area contributed by atoms with E-state index >= 15 is 0 Å². The van der Waals surface area contributed by atoms with Gasteiger partial charge in [0.25, 0.3) is 0 Å². The second-order valence-corrected chi connectivity index (χ2v) is 7.30. The van der Waals surface area contributed by atoms with E-state index in [1.807, 2.05) is 12.1 Å². The number of rotatable bonds is 7. The minimum atomic E-state index is 0.264. The van der Waals surface area contributed by atoms with Gasteiger partial charge in [0.1, 0.15) is 11.5 Å². The summed E-state index contributed by atoms with van der Waals surface area (Å²) in [5.41, 5.74) is 1.19. The van der Waals surface area contributed by atoms with Gasteiger partial charge in [-0.05, 0) is 51.3 Å². The van der Waals surface area contributed by atoms with Crippen LogP contribution in [-0.4, -0.2) is 58.0 Å². The Morgan fingerprint density at radius 2 is 2.00 bits per heavy atom. The van der Waals surface area contributed by atoms with Crippen LogP contribution in [0.4, 0.5) is 0 Å². The van der Waals surface area contributed by atoms with Gasteiger partial charge in [0.05, 0.1) is 20.8 Å².